The Morgan fingerprint density at radius 3 is 2.50 bits per heavy atom. The van der Waals surface area contributed by atoms with Crippen molar-refractivity contribution < 1.29 is 14.6 Å². The Hall–Kier alpha value is -0.610. The molecule has 4 nitrogen and oxygen atoms in total. The Kier molecular flexibility index (Phi) is 5.60. The molecule has 0 amide bonds. The Balaban J connectivity index is 2.60. The van der Waals surface area contributed by atoms with Crippen molar-refractivity contribution in [3.8, 4) is 0 Å². The molecule has 18 heavy (non-hydrogen) atoms. The number of carbonyl (C=O) groups is 1. The molecule has 0 radical (unpaired) electrons. The van der Waals surface area contributed by atoms with Crippen LogP contribution in [0.1, 0.15) is 39.5 Å². The standard InChI is InChI=1S/C14H27NO3/c1-11-5-7-14(8-6-11,13(16)17)10-15(3)9-12(2)18-4/h11-12H,5-10H2,1-4H3,(H,16,17). The van der Waals surface area contributed by atoms with Gasteiger partial charge >= 0.3 is 5.97 Å². The van der Waals surface area contributed by atoms with Crippen LogP contribution in [-0.2, 0) is 9.53 Å². The second kappa shape index (κ2) is 6.53. The average molecular weight is 257 g/mol. The lowest BCUT2D eigenvalue weighted by molar-refractivity contribution is -0.153. The minimum atomic E-state index is -0.633. The Morgan fingerprint density at radius 2 is 2.06 bits per heavy atom. The van der Waals surface area contributed by atoms with Gasteiger partial charge in [-0.2, -0.15) is 0 Å². The highest BCUT2D eigenvalue weighted by atomic mass is 16.5. The molecule has 0 heterocycles. The molecule has 1 aliphatic rings. The van der Waals surface area contributed by atoms with Crippen LogP contribution in [-0.4, -0.2) is 49.3 Å². The van der Waals surface area contributed by atoms with E-state index in [0.717, 1.165) is 32.2 Å². The van der Waals surface area contributed by atoms with Gasteiger partial charge in [0.25, 0.3) is 0 Å². The van der Waals surface area contributed by atoms with Crippen LogP contribution < -0.4 is 0 Å². The second-order valence-corrected chi connectivity index (χ2v) is 6.01. The summed E-state index contributed by atoms with van der Waals surface area (Å²) in [5, 5.41) is 9.56. The molecule has 1 N–H and O–H groups in total. The number of ether oxygens (including phenoxy) is 1. The monoisotopic (exact) mass is 257 g/mol. The zero-order valence-electron chi connectivity index (χ0n) is 12.1. The van der Waals surface area contributed by atoms with E-state index in [2.05, 4.69) is 11.8 Å². The first-order chi connectivity index (χ1) is 8.39. The van der Waals surface area contributed by atoms with E-state index in [1.807, 2.05) is 14.0 Å². The number of nitrogens with zero attached hydrogens (tertiary/aromatic N) is 1. The first-order valence-corrected chi connectivity index (χ1v) is 6.84. The SMILES string of the molecule is COC(C)CN(C)CC1(C(=O)O)CCC(C)CC1. The molecule has 1 aliphatic carbocycles. The van der Waals surface area contributed by atoms with Crippen LogP contribution in [0.3, 0.4) is 0 Å². The molecular weight excluding hydrogens is 230 g/mol. The highest BCUT2D eigenvalue weighted by Gasteiger charge is 2.41. The van der Waals surface area contributed by atoms with Crippen molar-refractivity contribution in [3.63, 3.8) is 0 Å². The summed E-state index contributed by atoms with van der Waals surface area (Å²) in [6.07, 6.45) is 3.80. The van der Waals surface area contributed by atoms with Crippen LogP contribution in [0.4, 0.5) is 0 Å². The zero-order valence-corrected chi connectivity index (χ0v) is 12.1. The van der Waals surface area contributed by atoms with Gasteiger partial charge in [0, 0.05) is 20.2 Å². The maximum Gasteiger partial charge on any atom is 0.310 e. The predicted octanol–water partition coefficient (Wildman–Crippen LogP) is 2.23. The van der Waals surface area contributed by atoms with E-state index < -0.39 is 11.4 Å². The molecule has 0 aromatic heterocycles. The number of methoxy groups -OCH3 is 1. The number of carboxylic acids is 1. The van der Waals surface area contributed by atoms with Gasteiger partial charge in [0.2, 0.25) is 0 Å². The van der Waals surface area contributed by atoms with Crippen molar-refractivity contribution in [1.29, 1.82) is 0 Å². The van der Waals surface area contributed by atoms with Gasteiger partial charge in [-0.25, -0.2) is 0 Å². The number of hydrogen-bond acceptors (Lipinski definition) is 3. The van der Waals surface area contributed by atoms with E-state index >= 15 is 0 Å². The fourth-order valence-corrected chi connectivity index (χ4v) is 2.85. The van der Waals surface area contributed by atoms with Crippen LogP contribution in [0.5, 0.6) is 0 Å². The normalized spacial score (nSPS) is 30.4. The van der Waals surface area contributed by atoms with E-state index in [0.29, 0.717) is 12.5 Å². The first-order valence-electron chi connectivity index (χ1n) is 6.84. The Labute approximate surface area is 110 Å². The lowest BCUT2D eigenvalue weighted by atomic mass is 9.70. The summed E-state index contributed by atoms with van der Waals surface area (Å²) in [6, 6.07) is 0. The number of hydrogen-bond donors (Lipinski definition) is 1. The maximum atomic E-state index is 11.6. The van der Waals surface area contributed by atoms with Crippen molar-refractivity contribution in [1.82, 2.24) is 4.90 Å². The topological polar surface area (TPSA) is 49.8 Å². The molecule has 0 bridgehead atoms. The van der Waals surface area contributed by atoms with Crippen LogP contribution in [0.25, 0.3) is 0 Å². The zero-order chi connectivity index (χ0) is 13.8. The molecule has 1 rings (SSSR count). The van der Waals surface area contributed by atoms with Crippen LogP contribution in [0, 0.1) is 11.3 Å². The summed E-state index contributed by atoms with van der Waals surface area (Å²) in [5.41, 5.74) is -0.547. The summed E-state index contributed by atoms with van der Waals surface area (Å²) in [4.78, 5) is 13.7. The quantitative estimate of drug-likeness (QED) is 0.793. The summed E-state index contributed by atoms with van der Waals surface area (Å²) in [7, 11) is 3.67. The lowest BCUT2D eigenvalue weighted by Gasteiger charge is -2.38. The fourth-order valence-electron chi connectivity index (χ4n) is 2.85. The number of aliphatic carboxylic acids is 1. The third kappa shape index (κ3) is 3.95. The smallest absolute Gasteiger partial charge is 0.310 e. The van der Waals surface area contributed by atoms with Crippen LogP contribution in [0.15, 0.2) is 0 Å². The van der Waals surface area contributed by atoms with Gasteiger partial charge in [0.1, 0.15) is 0 Å². The number of rotatable bonds is 6. The van der Waals surface area contributed by atoms with Gasteiger partial charge < -0.3 is 14.7 Å². The Morgan fingerprint density at radius 1 is 1.50 bits per heavy atom. The van der Waals surface area contributed by atoms with Gasteiger partial charge in [-0.15, -0.1) is 0 Å². The molecule has 4 heteroatoms. The highest BCUT2D eigenvalue weighted by molar-refractivity contribution is 5.75. The molecule has 0 spiro atoms. The summed E-state index contributed by atoms with van der Waals surface area (Å²) in [5.74, 6) is 0.0343. The van der Waals surface area contributed by atoms with E-state index in [9.17, 15) is 9.90 Å². The van der Waals surface area contributed by atoms with Gasteiger partial charge in [-0.05, 0) is 45.6 Å². The van der Waals surface area contributed by atoms with E-state index in [1.165, 1.54) is 0 Å². The molecule has 1 fully saturated rings. The summed E-state index contributed by atoms with van der Waals surface area (Å²) >= 11 is 0. The van der Waals surface area contributed by atoms with Crippen molar-refractivity contribution in [3.05, 3.63) is 0 Å². The lowest BCUT2D eigenvalue weighted by Crippen LogP contribution is -2.45. The first kappa shape index (κ1) is 15.4. The highest BCUT2D eigenvalue weighted by Crippen LogP contribution is 2.39. The minimum Gasteiger partial charge on any atom is -0.481 e. The Bertz CT molecular complexity index is 272. The molecule has 0 aromatic rings. The third-order valence-corrected chi connectivity index (χ3v) is 4.23. The number of carboxylic acid groups (broad SMARTS) is 1. The van der Waals surface area contributed by atoms with E-state index in [4.69, 9.17) is 4.74 Å². The van der Waals surface area contributed by atoms with Crippen molar-refractivity contribution in [2.24, 2.45) is 11.3 Å². The molecule has 0 saturated heterocycles. The summed E-state index contributed by atoms with van der Waals surface area (Å²) in [6.45, 7) is 5.62. The van der Waals surface area contributed by atoms with E-state index in [1.54, 1.807) is 7.11 Å². The molecule has 0 aliphatic heterocycles. The average Bonchev–Trinajstić information content (AvgIpc) is 2.31. The largest absolute Gasteiger partial charge is 0.481 e. The number of likely N-dealkylation sites (N-methyl/N-ethyl adjacent to an activating group) is 1. The molecule has 106 valence electrons. The summed E-state index contributed by atoms with van der Waals surface area (Å²) < 4.78 is 5.23. The van der Waals surface area contributed by atoms with Gasteiger partial charge in [0.05, 0.1) is 11.5 Å². The van der Waals surface area contributed by atoms with E-state index in [-0.39, 0.29) is 6.10 Å². The second-order valence-electron chi connectivity index (χ2n) is 6.01. The fraction of sp³-hybridized carbons (Fsp3) is 0.929. The van der Waals surface area contributed by atoms with Crippen LogP contribution >= 0.6 is 0 Å². The molecular formula is C14H27NO3. The minimum absolute atomic E-state index is 0.142. The van der Waals surface area contributed by atoms with Crippen molar-refractivity contribution in [2.75, 3.05) is 27.2 Å². The molecule has 1 unspecified atom stereocenters. The molecule has 1 atom stereocenters. The van der Waals surface area contributed by atoms with Crippen LogP contribution in [0.2, 0.25) is 0 Å². The van der Waals surface area contributed by atoms with Gasteiger partial charge in [-0.3, -0.25) is 4.79 Å². The molecule has 1 saturated carbocycles. The van der Waals surface area contributed by atoms with Gasteiger partial charge in [-0.1, -0.05) is 6.92 Å². The van der Waals surface area contributed by atoms with Crippen molar-refractivity contribution in [2.45, 2.75) is 45.6 Å². The third-order valence-electron chi connectivity index (χ3n) is 4.23. The predicted molar refractivity (Wildman–Crippen MR) is 71.7 cm³/mol. The van der Waals surface area contributed by atoms with Crippen molar-refractivity contribution >= 4 is 5.97 Å². The molecule has 0 aromatic carbocycles. The van der Waals surface area contributed by atoms with Gasteiger partial charge in [0.15, 0.2) is 0 Å². The maximum absolute atomic E-state index is 11.6.